The van der Waals surface area contributed by atoms with Gasteiger partial charge in [-0.2, -0.15) is 5.10 Å². The lowest BCUT2D eigenvalue weighted by Gasteiger charge is -2.31. The third-order valence-corrected chi connectivity index (χ3v) is 4.28. The molecule has 2 atom stereocenters. The molecular weight excluding hydrogens is 304 g/mol. The molecular formula is C18H24N4O2. The molecule has 2 aromatic heterocycles. The first-order valence-corrected chi connectivity index (χ1v) is 8.52. The summed E-state index contributed by atoms with van der Waals surface area (Å²) in [5.41, 5.74) is 2.05. The van der Waals surface area contributed by atoms with Crippen LogP contribution in [0.1, 0.15) is 43.0 Å². The normalized spacial score (nSPS) is 20.7. The van der Waals surface area contributed by atoms with Crippen LogP contribution in [0.15, 0.2) is 36.8 Å². The van der Waals surface area contributed by atoms with Crippen molar-refractivity contribution in [1.82, 2.24) is 20.1 Å². The molecule has 1 saturated heterocycles. The number of nitrogens with one attached hydrogen (secondary N) is 1. The van der Waals surface area contributed by atoms with Crippen molar-refractivity contribution in [2.24, 2.45) is 7.05 Å². The average Bonchev–Trinajstić information content (AvgIpc) is 3.02. The van der Waals surface area contributed by atoms with E-state index in [0.717, 1.165) is 43.5 Å². The fourth-order valence-electron chi connectivity index (χ4n) is 3.10. The number of carbonyl (C=O) groups is 1. The van der Waals surface area contributed by atoms with Crippen LogP contribution in [0.2, 0.25) is 0 Å². The molecule has 0 saturated carbocycles. The van der Waals surface area contributed by atoms with Crippen molar-refractivity contribution in [3.8, 4) is 0 Å². The Bertz CT molecular complexity index is 656. The van der Waals surface area contributed by atoms with Gasteiger partial charge in [-0.25, -0.2) is 0 Å². The standard InChI is InChI=1S/C18H24N4O2/c1-22-13-14(12-20-22)18-16(8-5-11-24-18)21-17(23)9-4-7-15-6-2-3-10-19-15/h2-3,6,10,12-13,16,18H,4-5,7-9,11H2,1H3,(H,21,23)/t16-,18+/m0/s1. The molecule has 0 aliphatic carbocycles. The maximum atomic E-state index is 12.3. The van der Waals surface area contributed by atoms with E-state index in [4.69, 9.17) is 4.74 Å². The summed E-state index contributed by atoms with van der Waals surface area (Å²) in [7, 11) is 1.89. The first kappa shape index (κ1) is 16.6. The molecule has 1 fully saturated rings. The van der Waals surface area contributed by atoms with Gasteiger partial charge < -0.3 is 10.1 Å². The summed E-state index contributed by atoms with van der Waals surface area (Å²) in [6.07, 6.45) is 9.48. The van der Waals surface area contributed by atoms with E-state index in [1.807, 2.05) is 37.6 Å². The van der Waals surface area contributed by atoms with Crippen LogP contribution >= 0.6 is 0 Å². The van der Waals surface area contributed by atoms with E-state index >= 15 is 0 Å². The lowest BCUT2D eigenvalue weighted by Crippen LogP contribution is -2.42. The smallest absolute Gasteiger partial charge is 0.220 e. The Morgan fingerprint density at radius 2 is 2.38 bits per heavy atom. The lowest BCUT2D eigenvalue weighted by atomic mass is 9.98. The minimum absolute atomic E-state index is 0.0188. The molecule has 0 spiro atoms. The summed E-state index contributed by atoms with van der Waals surface area (Å²) in [6.45, 7) is 0.728. The van der Waals surface area contributed by atoms with E-state index in [1.165, 1.54) is 0 Å². The number of amides is 1. The monoisotopic (exact) mass is 328 g/mol. The van der Waals surface area contributed by atoms with Gasteiger partial charge in [-0.3, -0.25) is 14.5 Å². The molecule has 2 aromatic rings. The number of hydrogen-bond acceptors (Lipinski definition) is 4. The first-order chi connectivity index (χ1) is 11.7. The summed E-state index contributed by atoms with van der Waals surface area (Å²) >= 11 is 0. The number of aromatic nitrogens is 3. The Kier molecular flexibility index (Phi) is 5.59. The minimum atomic E-state index is -0.104. The van der Waals surface area contributed by atoms with Gasteiger partial charge in [0.05, 0.1) is 12.2 Å². The zero-order valence-electron chi connectivity index (χ0n) is 14.0. The van der Waals surface area contributed by atoms with Gasteiger partial charge in [0, 0.05) is 43.7 Å². The van der Waals surface area contributed by atoms with Crippen LogP contribution in [0.4, 0.5) is 0 Å². The molecule has 0 unspecified atom stereocenters. The van der Waals surface area contributed by atoms with E-state index in [1.54, 1.807) is 10.9 Å². The molecule has 1 aliphatic heterocycles. The first-order valence-electron chi connectivity index (χ1n) is 8.52. The minimum Gasteiger partial charge on any atom is -0.371 e. The molecule has 6 nitrogen and oxygen atoms in total. The fourth-order valence-corrected chi connectivity index (χ4v) is 3.10. The highest BCUT2D eigenvalue weighted by Crippen LogP contribution is 2.28. The topological polar surface area (TPSA) is 69.0 Å². The summed E-state index contributed by atoms with van der Waals surface area (Å²) in [5.74, 6) is 0.0790. The van der Waals surface area contributed by atoms with Crippen LogP contribution in [0.25, 0.3) is 0 Å². The Morgan fingerprint density at radius 3 is 3.12 bits per heavy atom. The van der Waals surface area contributed by atoms with Crippen LogP contribution in [-0.4, -0.2) is 33.3 Å². The average molecular weight is 328 g/mol. The number of nitrogens with zero attached hydrogens (tertiary/aromatic N) is 3. The van der Waals surface area contributed by atoms with E-state index in [-0.39, 0.29) is 18.1 Å². The van der Waals surface area contributed by atoms with Crippen LogP contribution < -0.4 is 5.32 Å². The van der Waals surface area contributed by atoms with Gasteiger partial charge in [0.1, 0.15) is 6.10 Å². The maximum Gasteiger partial charge on any atom is 0.220 e. The summed E-state index contributed by atoms with van der Waals surface area (Å²) < 4.78 is 7.65. The van der Waals surface area contributed by atoms with Crippen molar-refractivity contribution in [3.05, 3.63) is 48.0 Å². The summed E-state index contributed by atoms with van der Waals surface area (Å²) in [5, 5.41) is 7.35. The van der Waals surface area contributed by atoms with Gasteiger partial charge in [0.15, 0.2) is 0 Å². The Labute approximate surface area is 142 Å². The van der Waals surface area contributed by atoms with Crippen LogP contribution in [0.5, 0.6) is 0 Å². The molecule has 1 aliphatic rings. The number of hydrogen-bond donors (Lipinski definition) is 1. The van der Waals surface area contributed by atoms with Gasteiger partial charge in [-0.15, -0.1) is 0 Å². The molecule has 3 rings (SSSR count). The Balaban J connectivity index is 1.50. The second kappa shape index (κ2) is 8.06. The van der Waals surface area contributed by atoms with Gasteiger partial charge in [0.25, 0.3) is 0 Å². The van der Waals surface area contributed by atoms with Gasteiger partial charge >= 0.3 is 0 Å². The van der Waals surface area contributed by atoms with Crippen LogP contribution in [0, 0.1) is 0 Å². The fraction of sp³-hybridized carbons (Fsp3) is 0.500. The Morgan fingerprint density at radius 1 is 1.46 bits per heavy atom. The maximum absolute atomic E-state index is 12.3. The number of rotatable bonds is 6. The number of pyridine rings is 1. The highest BCUT2D eigenvalue weighted by molar-refractivity contribution is 5.76. The quantitative estimate of drug-likeness (QED) is 0.882. The third kappa shape index (κ3) is 4.41. The zero-order valence-corrected chi connectivity index (χ0v) is 14.0. The molecule has 0 aromatic carbocycles. The third-order valence-electron chi connectivity index (χ3n) is 4.28. The van der Waals surface area contributed by atoms with E-state index in [9.17, 15) is 4.79 Å². The molecule has 0 radical (unpaired) electrons. The number of aryl methyl sites for hydroxylation is 2. The highest BCUT2D eigenvalue weighted by Gasteiger charge is 2.29. The van der Waals surface area contributed by atoms with E-state index < -0.39 is 0 Å². The van der Waals surface area contributed by atoms with Gasteiger partial charge in [0.2, 0.25) is 5.91 Å². The van der Waals surface area contributed by atoms with Crippen LogP contribution in [0.3, 0.4) is 0 Å². The SMILES string of the molecule is Cn1cc([C@H]2OCCC[C@@H]2NC(=O)CCCc2ccccn2)cn1. The van der Waals surface area contributed by atoms with Gasteiger partial charge in [-0.1, -0.05) is 6.07 Å². The molecule has 6 heteroatoms. The second-order valence-electron chi connectivity index (χ2n) is 6.23. The molecule has 0 bridgehead atoms. The van der Waals surface area contributed by atoms with Crippen molar-refractivity contribution in [1.29, 1.82) is 0 Å². The highest BCUT2D eigenvalue weighted by atomic mass is 16.5. The van der Waals surface area contributed by atoms with Crippen molar-refractivity contribution in [3.63, 3.8) is 0 Å². The van der Waals surface area contributed by atoms with Crippen molar-refractivity contribution in [2.75, 3.05) is 6.61 Å². The largest absolute Gasteiger partial charge is 0.371 e. The second-order valence-corrected chi connectivity index (χ2v) is 6.23. The predicted molar refractivity (Wildman–Crippen MR) is 90.2 cm³/mol. The summed E-state index contributed by atoms with van der Waals surface area (Å²) in [4.78, 5) is 16.6. The molecule has 1 amide bonds. The van der Waals surface area contributed by atoms with Crippen LogP contribution in [-0.2, 0) is 23.0 Å². The van der Waals surface area contributed by atoms with E-state index in [0.29, 0.717) is 6.42 Å². The number of carbonyl (C=O) groups excluding carboxylic acids is 1. The molecule has 128 valence electrons. The van der Waals surface area contributed by atoms with Gasteiger partial charge in [-0.05, 0) is 37.8 Å². The predicted octanol–water partition coefficient (Wildman–Crippen LogP) is 2.17. The molecule has 24 heavy (non-hydrogen) atoms. The molecule has 3 heterocycles. The van der Waals surface area contributed by atoms with E-state index in [2.05, 4.69) is 15.4 Å². The summed E-state index contributed by atoms with van der Waals surface area (Å²) in [6, 6.07) is 5.88. The van der Waals surface area contributed by atoms with Crippen molar-refractivity contribution in [2.45, 2.75) is 44.2 Å². The van der Waals surface area contributed by atoms with Crippen molar-refractivity contribution >= 4 is 5.91 Å². The van der Waals surface area contributed by atoms with Crippen molar-refractivity contribution < 1.29 is 9.53 Å². The number of ether oxygens (including phenoxy) is 1. The lowest BCUT2D eigenvalue weighted by molar-refractivity contribution is -0.124. The Hall–Kier alpha value is -2.21. The zero-order chi connectivity index (χ0) is 16.8. The molecule has 1 N–H and O–H groups in total.